The molecule has 148 valence electrons. The highest BCUT2D eigenvalue weighted by molar-refractivity contribution is 6.36. The molecule has 29 heavy (non-hydrogen) atoms. The van der Waals surface area contributed by atoms with Crippen LogP contribution in [0.3, 0.4) is 0 Å². The number of allylic oxidation sites excluding steroid dienone is 2. The van der Waals surface area contributed by atoms with Crippen molar-refractivity contribution in [2.75, 3.05) is 10.2 Å². The van der Waals surface area contributed by atoms with E-state index in [0.717, 1.165) is 5.57 Å². The van der Waals surface area contributed by atoms with Crippen molar-refractivity contribution in [2.24, 2.45) is 11.8 Å². The highest BCUT2D eigenvalue weighted by atomic mass is 35.5. The lowest BCUT2D eigenvalue weighted by atomic mass is 9.82. The third kappa shape index (κ3) is 3.68. The molecule has 0 radical (unpaired) electrons. The number of rotatable bonds is 3. The van der Waals surface area contributed by atoms with Gasteiger partial charge in [-0.2, -0.15) is 0 Å². The second kappa shape index (κ2) is 7.65. The number of carbonyl (C=O) groups is 3. The van der Waals surface area contributed by atoms with Crippen LogP contribution in [0.5, 0.6) is 0 Å². The molecule has 3 amide bonds. The SMILES string of the molecule is CC1=CC[C@@H]2C(=O)N(c3ccc(C(=O)Nc4cc(Cl)ccc4Cl)cc3)C(=O)[C@@H]2C1. The first-order valence-corrected chi connectivity index (χ1v) is 10.0. The van der Waals surface area contributed by atoms with E-state index in [2.05, 4.69) is 5.32 Å². The predicted octanol–water partition coefficient (Wildman–Crippen LogP) is 5.09. The fraction of sp³-hybridized carbons (Fsp3) is 0.227. The number of anilines is 2. The number of benzene rings is 2. The maximum Gasteiger partial charge on any atom is 0.255 e. The second-order valence-electron chi connectivity index (χ2n) is 7.34. The van der Waals surface area contributed by atoms with Crippen molar-refractivity contribution in [1.29, 1.82) is 0 Å². The third-order valence-corrected chi connectivity index (χ3v) is 5.95. The summed E-state index contributed by atoms with van der Waals surface area (Å²) >= 11 is 12.0. The Morgan fingerprint density at radius 3 is 2.45 bits per heavy atom. The zero-order valence-electron chi connectivity index (χ0n) is 15.6. The summed E-state index contributed by atoms with van der Waals surface area (Å²) in [7, 11) is 0. The summed E-state index contributed by atoms with van der Waals surface area (Å²) in [5, 5.41) is 3.54. The zero-order valence-corrected chi connectivity index (χ0v) is 17.1. The van der Waals surface area contributed by atoms with Crippen LogP contribution in [0.4, 0.5) is 11.4 Å². The molecule has 2 aromatic rings. The van der Waals surface area contributed by atoms with Gasteiger partial charge in [0.25, 0.3) is 5.91 Å². The quantitative estimate of drug-likeness (QED) is 0.546. The molecule has 1 aliphatic carbocycles. The molecule has 0 bridgehead atoms. The van der Waals surface area contributed by atoms with Gasteiger partial charge in [-0.25, -0.2) is 0 Å². The molecule has 1 saturated heterocycles. The van der Waals surface area contributed by atoms with Crippen molar-refractivity contribution in [3.8, 4) is 0 Å². The van der Waals surface area contributed by atoms with E-state index in [0.29, 0.717) is 39.8 Å². The van der Waals surface area contributed by atoms with Gasteiger partial charge in [0, 0.05) is 10.6 Å². The molecule has 2 aromatic carbocycles. The Hall–Kier alpha value is -2.63. The molecule has 0 spiro atoms. The number of imide groups is 1. The Bertz CT molecular complexity index is 1050. The smallest absolute Gasteiger partial charge is 0.255 e. The number of halogens is 2. The molecule has 2 atom stereocenters. The van der Waals surface area contributed by atoms with E-state index in [1.54, 1.807) is 42.5 Å². The molecule has 1 fully saturated rings. The maximum absolute atomic E-state index is 12.8. The first-order valence-electron chi connectivity index (χ1n) is 9.25. The van der Waals surface area contributed by atoms with E-state index in [1.807, 2.05) is 13.0 Å². The van der Waals surface area contributed by atoms with E-state index in [9.17, 15) is 14.4 Å². The Labute approximate surface area is 178 Å². The maximum atomic E-state index is 12.8. The van der Waals surface area contributed by atoms with Crippen LogP contribution in [0.1, 0.15) is 30.1 Å². The lowest BCUT2D eigenvalue weighted by molar-refractivity contribution is -0.122. The number of hydrogen-bond donors (Lipinski definition) is 1. The topological polar surface area (TPSA) is 66.5 Å². The minimum absolute atomic E-state index is 0.171. The van der Waals surface area contributed by atoms with Crippen LogP contribution < -0.4 is 10.2 Å². The second-order valence-corrected chi connectivity index (χ2v) is 8.18. The normalized spacial score (nSPS) is 21.1. The van der Waals surface area contributed by atoms with Crippen molar-refractivity contribution < 1.29 is 14.4 Å². The van der Waals surface area contributed by atoms with E-state index < -0.39 is 0 Å². The van der Waals surface area contributed by atoms with E-state index >= 15 is 0 Å². The molecule has 5 nitrogen and oxygen atoms in total. The van der Waals surface area contributed by atoms with Gasteiger partial charge in [-0.1, -0.05) is 34.9 Å². The standard InChI is InChI=1S/C22H18Cl2N2O3/c1-12-2-8-16-17(10-12)22(29)26(21(16)28)15-6-3-13(4-7-15)20(27)25-19-11-14(23)5-9-18(19)24/h2-7,9,11,16-17H,8,10H2,1H3,(H,25,27)/t16-,17+/m0/s1. The van der Waals surface area contributed by atoms with E-state index in [1.165, 1.54) is 4.90 Å². The lowest BCUT2D eigenvalue weighted by Gasteiger charge is -2.18. The van der Waals surface area contributed by atoms with Crippen molar-refractivity contribution in [2.45, 2.75) is 19.8 Å². The summed E-state index contributed by atoms with van der Waals surface area (Å²) in [6, 6.07) is 11.2. The summed E-state index contributed by atoms with van der Waals surface area (Å²) < 4.78 is 0. The fourth-order valence-electron chi connectivity index (χ4n) is 3.84. The van der Waals surface area contributed by atoms with Crippen LogP contribution in [-0.4, -0.2) is 17.7 Å². The van der Waals surface area contributed by atoms with Crippen molar-refractivity contribution in [1.82, 2.24) is 0 Å². The largest absolute Gasteiger partial charge is 0.321 e. The summed E-state index contributed by atoms with van der Waals surface area (Å²) in [6.07, 6.45) is 3.25. The van der Waals surface area contributed by atoms with Gasteiger partial charge in [-0.15, -0.1) is 0 Å². The first-order chi connectivity index (χ1) is 13.8. The molecule has 2 aliphatic rings. The molecule has 1 heterocycles. The molecule has 0 saturated carbocycles. The molecular formula is C22H18Cl2N2O3. The highest BCUT2D eigenvalue weighted by Crippen LogP contribution is 2.39. The van der Waals surface area contributed by atoms with Gasteiger partial charge in [0.2, 0.25) is 11.8 Å². The molecule has 1 N–H and O–H groups in total. The van der Waals surface area contributed by atoms with Gasteiger partial charge in [0.1, 0.15) is 0 Å². The van der Waals surface area contributed by atoms with Crippen LogP contribution in [0.25, 0.3) is 0 Å². The van der Waals surface area contributed by atoms with Gasteiger partial charge in [-0.3, -0.25) is 19.3 Å². The van der Waals surface area contributed by atoms with Crippen LogP contribution in [0.15, 0.2) is 54.1 Å². The van der Waals surface area contributed by atoms with Crippen molar-refractivity contribution >= 4 is 52.3 Å². The predicted molar refractivity (Wildman–Crippen MR) is 113 cm³/mol. The lowest BCUT2D eigenvalue weighted by Crippen LogP contribution is -2.30. The van der Waals surface area contributed by atoms with Crippen LogP contribution >= 0.6 is 23.2 Å². The van der Waals surface area contributed by atoms with Crippen molar-refractivity contribution in [3.05, 3.63) is 69.7 Å². The number of hydrogen-bond acceptors (Lipinski definition) is 3. The summed E-state index contributed by atoms with van der Waals surface area (Å²) in [5.41, 5.74) is 2.40. The Kier molecular flexibility index (Phi) is 5.19. The Balaban J connectivity index is 1.52. The molecule has 0 aromatic heterocycles. The van der Waals surface area contributed by atoms with E-state index in [-0.39, 0.29) is 29.6 Å². The Morgan fingerprint density at radius 2 is 1.72 bits per heavy atom. The number of amides is 3. The van der Waals surface area contributed by atoms with Crippen LogP contribution in [0, 0.1) is 11.8 Å². The number of carbonyl (C=O) groups excluding carboxylic acids is 3. The first kappa shape index (κ1) is 19.7. The number of nitrogens with zero attached hydrogens (tertiary/aromatic N) is 1. The fourth-order valence-corrected chi connectivity index (χ4v) is 4.18. The molecule has 1 aliphatic heterocycles. The van der Waals surface area contributed by atoms with Gasteiger partial charge in [0.05, 0.1) is 28.2 Å². The third-order valence-electron chi connectivity index (χ3n) is 5.39. The minimum atomic E-state index is -0.367. The van der Waals surface area contributed by atoms with Crippen LogP contribution in [-0.2, 0) is 9.59 Å². The summed E-state index contributed by atoms with van der Waals surface area (Å²) in [4.78, 5) is 39.3. The molecule has 4 rings (SSSR count). The van der Waals surface area contributed by atoms with Gasteiger partial charge < -0.3 is 5.32 Å². The zero-order chi connectivity index (χ0) is 20.7. The average molecular weight is 429 g/mol. The average Bonchev–Trinajstić information content (AvgIpc) is 2.94. The number of fused-ring (bicyclic) bond motifs is 1. The molecular weight excluding hydrogens is 411 g/mol. The molecule has 7 heteroatoms. The van der Waals surface area contributed by atoms with Crippen LogP contribution in [0.2, 0.25) is 10.0 Å². The Morgan fingerprint density at radius 1 is 1.03 bits per heavy atom. The summed E-state index contributed by atoms with van der Waals surface area (Å²) in [5.74, 6) is -1.30. The monoisotopic (exact) mass is 428 g/mol. The van der Waals surface area contributed by atoms with E-state index in [4.69, 9.17) is 23.2 Å². The van der Waals surface area contributed by atoms with Gasteiger partial charge in [-0.05, 0) is 62.2 Å². The molecule has 0 unspecified atom stereocenters. The minimum Gasteiger partial charge on any atom is -0.321 e. The summed E-state index contributed by atoms with van der Waals surface area (Å²) in [6.45, 7) is 1.98. The van der Waals surface area contributed by atoms with Gasteiger partial charge in [0.15, 0.2) is 0 Å². The van der Waals surface area contributed by atoms with Crippen molar-refractivity contribution in [3.63, 3.8) is 0 Å². The van der Waals surface area contributed by atoms with Gasteiger partial charge >= 0.3 is 0 Å². The highest BCUT2D eigenvalue weighted by Gasteiger charge is 2.48. The number of nitrogens with one attached hydrogen (secondary N) is 1.